The topological polar surface area (TPSA) is 47.3 Å². The zero-order chi connectivity index (χ0) is 9.54. The Bertz CT molecular complexity index is 496. The maximum atomic E-state index is 5.64. The minimum absolute atomic E-state index is 0.421. The van der Waals surface area contributed by atoms with Gasteiger partial charge in [0.25, 0.3) is 0 Å². The van der Waals surface area contributed by atoms with E-state index in [9.17, 15) is 0 Å². The fourth-order valence-electron chi connectivity index (χ4n) is 1.79. The molecular formula is C11H10N2O. The summed E-state index contributed by atoms with van der Waals surface area (Å²) in [5, 5.41) is 5.32. The molecule has 14 heavy (non-hydrogen) atoms. The summed E-state index contributed by atoms with van der Waals surface area (Å²) < 4.78 is 5.49. The second-order valence-electron chi connectivity index (χ2n) is 3.35. The van der Waals surface area contributed by atoms with E-state index < -0.39 is 6.35 Å². The van der Waals surface area contributed by atoms with Crippen molar-refractivity contribution < 1.29 is 4.74 Å². The lowest BCUT2D eigenvalue weighted by atomic mass is 10.1. The highest BCUT2D eigenvalue weighted by Gasteiger charge is 2.19. The standard InChI is InChI=1S/C11H10N2O/c12-11-13-9-6-5-7-3-1-2-4-8(7)10(9)14-11/h1-6,11,13H,12H2. The van der Waals surface area contributed by atoms with E-state index in [1.807, 2.05) is 24.3 Å². The Hall–Kier alpha value is -1.74. The number of nitrogens with two attached hydrogens (primary N) is 1. The van der Waals surface area contributed by atoms with Gasteiger partial charge < -0.3 is 10.1 Å². The van der Waals surface area contributed by atoms with Crippen molar-refractivity contribution in [1.29, 1.82) is 0 Å². The first-order valence-corrected chi connectivity index (χ1v) is 4.55. The fraction of sp³-hybridized carbons (Fsp3) is 0.0909. The van der Waals surface area contributed by atoms with Gasteiger partial charge in [-0.1, -0.05) is 30.3 Å². The zero-order valence-corrected chi connectivity index (χ0v) is 7.53. The molecule has 3 heteroatoms. The number of benzene rings is 2. The van der Waals surface area contributed by atoms with Crippen LogP contribution < -0.4 is 15.8 Å². The van der Waals surface area contributed by atoms with Crippen LogP contribution in [0.5, 0.6) is 5.75 Å². The first kappa shape index (κ1) is 7.64. The molecule has 0 saturated heterocycles. The van der Waals surface area contributed by atoms with Gasteiger partial charge in [-0.2, -0.15) is 0 Å². The highest BCUT2D eigenvalue weighted by Crippen LogP contribution is 2.37. The predicted octanol–water partition coefficient (Wildman–Crippen LogP) is 1.89. The number of ether oxygens (including phenoxy) is 1. The average molecular weight is 186 g/mol. The van der Waals surface area contributed by atoms with Crippen LogP contribution in [0.1, 0.15) is 0 Å². The summed E-state index contributed by atoms with van der Waals surface area (Å²) in [4.78, 5) is 0. The SMILES string of the molecule is NC1Nc2ccc3ccccc3c2O1. The van der Waals surface area contributed by atoms with Crippen LogP contribution in [0.4, 0.5) is 5.69 Å². The van der Waals surface area contributed by atoms with Gasteiger partial charge in [-0.05, 0) is 11.5 Å². The third kappa shape index (κ3) is 0.961. The normalized spacial score (nSPS) is 18.8. The van der Waals surface area contributed by atoms with E-state index >= 15 is 0 Å². The van der Waals surface area contributed by atoms with Crippen LogP contribution in [-0.4, -0.2) is 6.35 Å². The highest BCUT2D eigenvalue weighted by atomic mass is 16.5. The van der Waals surface area contributed by atoms with Crippen LogP contribution in [0.25, 0.3) is 10.8 Å². The van der Waals surface area contributed by atoms with Crippen molar-refractivity contribution in [3.05, 3.63) is 36.4 Å². The van der Waals surface area contributed by atoms with Gasteiger partial charge in [-0.3, -0.25) is 5.73 Å². The van der Waals surface area contributed by atoms with Crippen LogP contribution in [0, 0.1) is 0 Å². The summed E-state index contributed by atoms with van der Waals surface area (Å²) in [7, 11) is 0. The Morgan fingerprint density at radius 1 is 1.14 bits per heavy atom. The zero-order valence-electron chi connectivity index (χ0n) is 7.53. The molecule has 1 atom stereocenters. The van der Waals surface area contributed by atoms with E-state index in [-0.39, 0.29) is 0 Å². The van der Waals surface area contributed by atoms with Crippen molar-refractivity contribution in [1.82, 2.24) is 0 Å². The van der Waals surface area contributed by atoms with Gasteiger partial charge in [0.1, 0.15) is 0 Å². The molecule has 2 aromatic rings. The summed E-state index contributed by atoms with van der Waals surface area (Å²) in [5.41, 5.74) is 6.61. The smallest absolute Gasteiger partial charge is 0.225 e. The van der Waals surface area contributed by atoms with E-state index in [1.165, 1.54) is 5.39 Å². The molecule has 0 radical (unpaired) electrons. The molecule has 0 fully saturated rings. The van der Waals surface area contributed by atoms with Gasteiger partial charge in [-0.15, -0.1) is 0 Å². The van der Waals surface area contributed by atoms with Crippen molar-refractivity contribution in [3.63, 3.8) is 0 Å². The van der Waals surface area contributed by atoms with Crippen molar-refractivity contribution in [2.75, 3.05) is 5.32 Å². The molecule has 1 aliphatic rings. The van der Waals surface area contributed by atoms with E-state index in [0.717, 1.165) is 16.8 Å². The number of nitrogens with one attached hydrogen (secondary N) is 1. The molecule has 0 aliphatic carbocycles. The Labute approximate surface area is 81.5 Å². The first-order chi connectivity index (χ1) is 6.84. The first-order valence-electron chi connectivity index (χ1n) is 4.55. The number of anilines is 1. The van der Waals surface area contributed by atoms with Crippen molar-refractivity contribution in [2.24, 2.45) is 5.73 Å². The van der Waals surface area contributed by atoms with Crippen LogP contribution in [0.3, 0.4) is 0 Å². The molecule has 3 N–H and O–H groups in total. The molecule has 0 amide bonds. The van der Waals surface area contributed by atoms with E-state index in [0.29, 0.717) is 0 Å². The van der Waals surface area contributed by atoms with Crippen molar-refractivity contribution >= 4 is 16.5 Å². The third-order valence-corrected chi connectivity index (χ3v) is 2.42. The minimum Gasteiger partial charge on any atom is -0.455 e. The monoisotopic (exact) mass is 186 g/mol. The van der Waals surface area contributed by atoms with Crippen LogP contribution >= 0.6 is 0 Å². The fourth-order valence-corrected chi connectivity index (χ4v) is 1.79. The van der Waals surface area contributed by atoms with Crippen LogP contribution in [-0.2, 0) is 0 Å². The summed E-state index contributed by atoms with van der Waals surface area (Å²) in [6.07, 6.45) is -0.421. The van der Waals surface area contributed by atoms with Crippen molar-refractivity contribution in [2.45, 2.75) is 6.35 Å². The molecule has 3 rings (SSSR count). The van der Waals surface area contributed by atoms with Gasteiger partial charge in [0.15, 0.2) is 5.75 Å². The Balaban J connectivity index is 2.33. The summed E-state index contributed by atoms with van der Waals surface area (Å²) >= 11 is 0. The number of fused-ring (bicyclic) bond motifs is 3. The van der Waals surface area contributed by atoms with Gasteiger partial charge in [-0.25, -0.2) is 0 Å². The predicted molar refractivity (Wildman–Crippen MR) is 56.2 cm³/mol. The highest BCUT2D eigenvalue weighted by molar-refractivity contribution is 5.94. The van der Waals surface area contributed by atoms with Gasteiger partial charge in [0, 0.05) is 5.39 Å². The summed E-state index contributed by atoms with van der Waals surface area (Å²) in [5.74, 6) is 0.857. The Kier molecular flexibility index (Phi) is 1.43. The van der Waals surface area contributed by atoms with Gasteiger partial charge >= 0.3 is 0 Å². The second kappa shape index (κ2) is 2.62. The largest absolute Gasteiger partial charge is 0.455 e. The molecule has 2 aromatic carbocycles. The molecular weight excluding hydrogens is 176 g/mol. The molecule has 0 bridgehead atoms. The lowest BCUT2D eigenvalue weighted by Crippen LogP contribution is -2.30. The van der Waals surface area contributed by atoms with E-state index in [4.69, 9.17) is 10.5 Å². The maximum absolute atomic E-state index is 5.64. The quantitative estimate of drug-likeness (QED) is 0.660. The Morgan fingerprint density at radius 2 is 2.00 bits per heavy atom. The van der Waals surface area contributed by atoms with Gasteiger partial charge in [0.05, 0.1) is 5.69 Å². The summed E-state index contributed by atoms with van der Waals surface area (Å²) in [6.45, 7) is 0. The molecule has 0 aromatic heterocycles. The maximum Gasteiger partial charge on any atom is 0.225 e. The van der Waals surface area contributed by atoms with Crippen molar-refractivity contribution in [3.8, 4) is 5.75 Å². The summed E-state index contributed by atoms with van der Waals surface area (Å²) in [6, 6.07) is 12.1. The van der Waals surface area contributed by atoms with Crippen LogP contribution in [0.15, 0.2) is 36.4 Å². The Morgan fingerprint density at radius 3 is 2.93 bits per heavy atom. The molecule has 1 unspecified atom stereocenters. The minimum atomic E-state index is -0.421. The van der Waals surface area contributed by atoms with E-state index in [2.05, 4.69) is 17.4 Å². The van der Waals surface area contributed by atoms with E-state index in [1.54, 1.807) is 0 Å². The third-order valence-electron chi connectivity index (χ3n) is 2.42. The average Bonchev–Trinajstić information content (AvgIpc) is 2.59. The van der Waals surface area contributed by atoms with Gasteiger partial charge in [0.2, 0.25) is 6.35 Å². The molecule has 70 valence electrons. The molecule has 1 heterocycles. The molecule has 0 saturated carbocycles. The lowest BCUT2D eigenvalue weighted by Gasteiger charge is -2.03. The number of hydrogen-bond acceptors (Lipinski definition) is 3. The lowest BCUT2D eigenvalue weighted by molar-refractivity contribution is 0.265. The number of hydrogen-bond donors (Lipinski definition) is 2. The second-order valence-corrected chi connectivity index (χ2v) is 3.35. The molecule has 3 nitrogen and oxygen atoms in total. The van der Waals surface area contributed by atoms with Crippen LogP contribution in [0.2, 0.25) is 0 Å². The molecule has 0 spiro atoms. The molecule has 1 aliphatic heterocycles. The number of rotatable bonds is 0.